The van der Waals surface area contributed by atoms with Gasteiger partial charge in [-0.2, -0.15) is 0 Å². The zero-order valence-electron chi connectivity index (χ0n) is 12.9. The Labute approximate surface area is 130 Å². The summed E-state index contributed by atoms with van der Waals surface area (Å²) in [4.78, 5) is 23.9. The number of nitrogens with one attached hydrogen (secondary N) is 1. The smallest absolute Gasteiger partial charge is 0.337 e. The van der Waals surface area contributed by atoms with E-state index in [1.54, 1.807) is 30.6 Å². The van der Waals surface area contributed by atoms with Crippen molar-refractivity contribution in [1.82, 2.24) is 4.98 Å². The Kier molecular flexibility index (Phi) is 10.3. The molecule has 0 radical (unpaired) electrons. The number of carbonyl (C=O) groups is 2. The molecule has 0 spiro atoms. The van der Waals surface area contributed by atoms with Gasteiger partial charge in [0.15, 0.2) is 0 Å². The highest BCUT2D eigenvalue weighted by Crippen LogP contribution is 2.17. The zero-order valence-corrected chi connectivity index (χ0v) is 12.9. The van der Waals surface area contributed by atoms with E-state index in [1.807, 2.05) is 32.0 Å². The number of rotatable bonds is 3. The summed E-state index contributed by atoms with van der Waals surface area (Å²) in [6.45, 7) is 4.00. The molecule has 22 heavy (non-hydrogen) atoms. The number of nitrogens with zero attached hydrogens (tertiary/aromatic N) is 1. The fourth-order valence-corrected chi connectivity index (χ4v) is 1.44. The second kappa shape index (κ2) is 11.9. The van der Waals surface area contributed by atoms with Crippen LogP contribution in [0.4, 0.5) is 11.4 Å². The standard InChI is InChI=1S/C13H12N2O2.C2H6.CH3NO/c1-17-13(16)10-3-2-4-12(9-10)15-11-5-7-14-8-6-11;1-2;2-1-3/h2-9H,1H3,(H,14,15);1-2H3;1H,(H2,2,3). The summed E-state index contributed by atoms with van der Waals surface area (Å²) in [5.74, 6) is -0.344. The molecule has 3 N–H and O–H groups in total. The van der Waals surface area contributed by atoms with Gasteiger partial charge in [0, 0.05) is 23.8 Å². The molecular formula is C16H21N3O3. The molecule has 118 valence electrons. The van der Waals surface area contributed by atoms with Crippen molar-refractivity contribution in [3.8, 4) is 0 Å². The Hall–Kier alpha value is -2.89. The molecule has 0 fully saturated rings. The number of carbonyl (C=O) groups excluding carboxylic acids is 2. The maximum Gasteiger partial charge on any atom is 0.337 e. The first-order chi connectivity index (χ1) is 10.7. The quantitative estimate of drug-likeness (QED) is 0.671. The summed E-state index contributed by atoms with van der Waals surface area (Å²) in [5, 5.41) is 3.18. The predicted molar refractivity (Wildman–Crippen MR) is 86.9 cm³/mol. The second-order valence-corrected chi connectivity index (χ2v) is 3.57. The van der Waals surface area contributed by atoms with Crippen LogP contribution in [0.25, 0.3) is 0 Å². The molecule has 0 unspecified atom stereocenters. The molecule has 1 aromatic heterocycles. The maximum absolute atomic E-state index is 11.4. The first-order valence-electron chi connectivity index (χ1n) is 6.72. The third-order valence-corrected chi connectivity index (χ3v) is 2.25. The topological polar surface area (TPSA) is 94.3 Å². The van der Waals surface area contributed by atoms with Gasteiger partial charge in [-0.15, -0.1) is 0 Å². The number of hydrogen-bond acceptors (Lipinski definition) is 5. The summed E-state index contributed by atoms with van der Waals surface area (Å²) in [7, 11) is 1.37. The van der Waals surface area contributed by atoms with Crippen molar-refractivity contribution >= 4 is 23.8 Å². The van der Waals surface area contributed by atoms with Gasteiger partial charge in [-0.3, -0.25) is 9.78 Å². The minimum absolute atomic E-state index is 0.250. The lowest BCUT2D eigenvalue weighted by molar-refractivity contribution is -0.106. The van der Waals surface area contributed by atoms with Gasteiger partial charge in [0.25, 0.3) is 0 Å². The van der Waals surface area contributed by atoms with Gasteiger partial charge in [0.2, 0.25) is 6.41 Å². The average Bonchev–Trinajstić information content (AvgIpc) is 2.58. The van der Waals surface area contributed by atoms with Gasteiger partial charge in [-0.05, 0) is 30.3 Å². The Morgan fingerprint density at radius 3 is 2.32 bits per heavy atom. The number of esters is 1. The third kappa shape index (κ3) is 7.04. The van der Waals surface area contributed by atoms with E-state index in [1.165, 1.54) is 7.11 Å². The van der Waals surface area contributed by atoms with Crippen molar-refractivity contribution in [1.29, 1.82) is 0 Å². The molecule has 0 aliphatic carbocycles. The fraction of sp³-hybridized carbons (Fsp3) is 0.188. The molecule has 1 aromatic carbocycles. The number of methoxy groups -OCH3 is 1. The highest BCUT2D eigenvalue weighted by atomic mass is 16.5. The lowest BCUT2D eigenvalue weighted by Crippen LogP contribution is -2.01. The Morgan fingerprint density at radius 1 is 1.18 bits per heavy atom. The van der Waals surface area contributed by atoms with Crippen LogP contribution in [0.3, 0.4) is 0 Å². The molecule has 0 saturated heterocycles. The molecule has 0 saturated carbocycles. The minimum Gasteiger partial charge on any atom is -0.465 e. The number of pyridine rings is 1. The summed E-state index contributed by atoms with van der Waals surface area (Å²) in [6, 6.07) is 10.8. The van der Waals surface area contributed by atoms with Crippen LogP contribution in [0.5, 0.6) is 0 Å². The van der Waals surface area contributed by atoms with E-state index >= 15 is 0 Å². The van der Waals surface area contributed by atoms with E-state index in [4.69, 9.17) is 4.79 Å². The SMILES string of the molecule is CC.COC(=O)c1cccc(Nc2ccncc2)c1.NC=O. The molecule has 2 aromatic rings. The van der Waals surface area contributed by atoms with Crippen LogP contribution in [-0.4, -0.2) is 24.5 Å². The van der Waals surface area contributed by atoms with E-state index < -0.39 is 0 Å². The van der Waals surface area contributed by atoms with Crippen LogP contribution in [0.1, 0.15) is 24.2 Å². The van der Waals surface area contributed by atoms with Crippen LogP contribution in [0.15, 0.2) is 48.8 Å². The first-order valence-corrected chi connectivity index (χ1v) is 6.72. The van der Waals surface area contributed by atoms with Crippen LogP contribution in [0, 0.1) is 0 Å². The van der Waals surface area contributed by atoms with Crippen molar-refractivity contribution in [3.63, 3.8) is 0 Å². The molecule has 6 nitrogen and oxygen atoms in total. The van der Waals surface area contributed by atoms with Crippen molar-refractivity contribution in [2.45, 2.75) is 13.8 Å². The van der Waals surface area contributed by atoms with Crippen LogP contribution >= 0.6 is 0 Å². The number of amides is 1. The van der Waals surface area contributed by atoms with Crippen LogP contribution in [-0.2, 0) is 9.53 Å². The monoisotopic (exact) mass is 303 g/mol. The molecule has 0 aliphatic rings. The van der Waals surface area contributed by atoms with Gasteiger partial charge < -0.3 is 15.8 Å². The van der Waals surface area contributed by atoms with E-state index in [0.29, 0.717) is 5.56 Å². The van der Waals surface area contributed by atoms with E-state index in [2.05, 4.69) is 20.8 Å². The van der Waals surface area contributed by atoms with Crippen LogP contribution < -0.4 is 11.1 Å². The number of benzene rings is 1. The summed E-state index contributed by atoms with van der Waals surface area (Å²) >= 11 is 0. The highest BCUT2D eigenvalue weighted by Gasteiger charge is 2.05. The Bertz CT molecular complexity index is 560. The molecule has 1 amide bonds. The Morgan fingerprint density at radius 2 is 1.77 bits per heavy atom. The predicted octanol–water partition coefficient (Wildman–Crippen LogP) is 2.74. The molecule has 0 aliphatic heterocycles. The van der Waals surface area contributed by atoms with Gasteiger partial charge in [-0.25, -0.2) is 4.79 Å². The number of primary amides is 1. The lowest BCUT2D eigenvalue weighted by atomic mass is 10.2. The van der Waals surface area contributed by atoms with Gasteiger partial charge in [0.1, 0.15) is 0 Å². The number of nitrogens with two attached hydrogens (primary N) is 1. The summed E-state index contributed by atoms with van der Waals surface area (Å²) in [5.41, 5.74) is 6.44. The maximum atomic E-state index is 11.4. The summed E-state index contributed by atoms with van der Waals surface area (Å²) in [6.07, 6.45) is 3.65. The Balaban J connectivity index is 0.000000789. The minimum atomic E-state index is -0.344. The second-order valence-electron chi connectivity index (χ2n) is 3.57. The molecule has 1 heterocycles. The van der Waals surface area contributed by atoms with Gasteiger partial charge >= 0.3 is 5.97 Å². The van der Waals surface area contributed by atoms with Crippen molar-refractivity contribution < 1.29 is 14.3 Å². The van der Waals surface area contributed by atoms with E-state index in [-0.39, 0.29) is 12.4 Å². The first kappa shape index (κ1) is 19.1. The number of ether oxygens (including phenoxy) is 1. The van der Waals surface area contributed by atoms with Crippen LogP contribution in [0.2, 0.25) is 0 Å². The van der Waals surface area contributed by atoms with E-state index in [9.17, 15) is 4.79 Å². The van der Waals surface area contributed by atoms with Gasteiger partial charge in [0.05, 0.1) is 12.7 Å². The highest BCUT2D eigenvalue weighted by molar-refractivity contribution is 5.90. The van der Waals surface area contributed by atoms with Crippen molar-refractivity contribution in [2.75, 3.05) is 12.4 Å². The molecule has 0 atom stereocenters. The average molecular weight is 303 g/mol. The van der Waals surface area contributed by atoms with E-state index in [0.717, 1.165) is 11.4 Å². The lowest BCUT2D eigenvalue weighted by Gasteiger charge is -2.07. The summed E-state index contributed by atoms with van der Waals surface area (Å²) < 4.78 is 4.66. The number of anilines is 2. The molecule has 6 heteroatoms. The number of hydrogen-bond donors (Lipinski definition) is 2. The van der Waals surface area contributed by atoms with Crippen molar-refractivity contribution in [3.05, 3.63) is 54.4 Å². The molecule has 2 rings (SSSR count). The fourth-order valence-electron chi connectivity index (χ4n) is 1.44. The largest absolute Gasteiger partial charge is 0.465 e. The molecular weight excluding hydrogens is 282 g/mol. The zero-order chi connectivity index (χ0) is 16.8. The normalized spacial score (nSPS) is 8.32. The van der Waals surface area contributed by atoms with Gasteiger partial charge in [-0.1, -0.05) is 19.9 Å². The number of aromatic nitrogens is 1. The van der Waals surface area contributed by atoms with Crippen molar-refractivity contribution in [2.24, 2.45) is 5.73 Å². The molecule has 0 bridgehead atoms. The third-order valence-electron chi connectivity index (χ3n) is 2.25.